The molecule has 1 saturated carbocycles. The Bertz CT molecular complexity index is 3180. The number of hydrogen-bond acceptors (Lipinski definition) is 13. The summed E-state index contributed by atoms with van der Waals surface area (Å²) in [5.74, 6) is -0.153. The van der Waals surface area contributed by atoms with Crippen LogP contribution in [0.3, 0.4) is 0 Å². The van der Waals surface area contributed by atoms with Crippen LogP contribution >= 0.6 is 0 Å². The number of nitro groups is 1. The van der Waals surface area contributed by atoms with Gasteiger partial charge in [0.25, 0.3) is 11.6 Å². The Morgan fingerprint density at radius 1 is 0.831 bits per heavy atom. The fraction of sp³-hybridized carbons (Fsp3) is 0.306. The Morgan fingerprint density at radius 3 is 2.26 bits per heavy atom. The van der Waals surface area contributed by atoms with Crippen LogP contribution in [-0.2, 0) is 22.7 Å². The third-order valence-electron chi connectivity index (χ3n) is 15.1. The van der Waals surface area contributed by atoms with Crippen LogP contribution in [0, 0.1) is 39.2 Å². The van der Waals surface area contributed by atoms with Gasteiger partial charge in [-0.1, -0.05) is 78.7 Å². The zero-order valence-corrected chi connectivity index (χ0v) is 42.6. The van der Waals surface area contributed by atoms with E-state index >= 15 is 4.79 Å². The van der Waals surface area contributed by atoms with Crippen LogP contribution in [0.4, 0.5) is 5.69 Å². The lowest BCUT2D eigenvalue weighted by molar-refractivity contribution is -0.384. The summed E-state index contributed by atoms with van der Waals surface area (Å²) in [4.78, 5) is 34.8. The van der Waals surface area contributed by atoms with E-state index < -0.39 is 22.7 Å². The second kappa shape index (κ2) is 23.7. The van der Waals surface area contributed by atoms with Gasteiger partial charge in [-0.2, -0.15) is 5.26 Å². The monoisotopic (exact) mass is 1040 g/mol. The van der Waals surface area contributed by atoms with Gasteiger partial charge in [0.05, 0.1) is 34.8 Å². The number of aliphatic hydroxyl groups is 2. The molecule has 0 radical (unpaired) electrons. The summed E-state index contributed by atoms with van der Waals surface area (Å²) in [5, 5.41) is 46.5. The van der Waals surface area contributed by atoms with Gasteiger partial charge in [-0.3, -0.25) is 14.9 Å². The van der Waals surface area contributed by atoms with Crippen molar-refractivity contribution in [1.29, 1.82) is 5.26 Å². The second-order valence-electron chi connectivity index (χ2n) is 19.8. The minimum Gasteiger partial charge on any atom is -0.459 e. The van der Waals surface area contributed by atoms with E-state index in [1.54, 1.807) is 47.4 Å². The average Bonchev–Trinajstić information content (AvgIpc) is 4.07. The summed E-state index contributed by atoms with van der Waals surface area (Å²) in [6.07, 6.45) is 8.16. The van der Waals surface area contributed by atoms with Crippen LogP contribution in [0.1, 0.15) is 83.5 Å². The number of ether oxygens (including phenoxy) is 5. The van der Waals surface area contributed by atoms with Crippen LogP contribution in [0.15, 0.2) is 169 Å². The number of carbonyl (C=O) groups excluding carboxylic acids is 1. The minimum absolute atomic E-state index is 0.00714. The summed E-state index contributed by atoms with van der Waals surface area (Å²) in [6.45, 7) is 4.32. The largest absolute Gasteiger partial charge is 0.459 e. The molecule has 0 spiro atoms. The molecule has 394 valence electrons. The number of allylic oxidation sites excluding steroid dienone is 1. The molecule has 6 unspecified atom stereocenters. The van der Waals surface area contributed by atoms with E-state index in [1.807, 2.05) is 78.9 Å². The molecule has 15 heteroatoms. The van der Waals surface area contributed by atoms with E-state index in [9.17, 15) is 25.6 Å². The zero-order valence-electron chi connectivity index (χ0n) is 42.6. The van der Waals surface area contributed by atoms with E-state index in [0.717, 1.165) is 53.5 Å². The molecule has 0 aromatic heterocycles. The maximum atomic E-state index is 15.7. The van der Waals surface area contributed by atoms with Crippen molar-refractivity contribution in [3.05, 3.63) is 202 Å². The average molecular weight is 1040 g/mol. The molecule has 6 aromatic carbocycles. The van der Waals surface area contributed by atoms with Gasteiger partial charge < -0.3 is 43.6 Å². The van der Waals surface area contributed by atoms with Crippen molar-refractivity contribution in [3.63, 3.8) is 0 Å². The van der Waals surface area contributed by atoms with Crippen LogP contribution in [0.2, 0.25) is 0 Å². The predicted octanol–water partition coefficient (Wildman–Crippen LogP) is 11.8. The number of fused-ring (bicyclic) bond motifs is 3. The normalized spacial score (nSPS) is 21.1. The van der Waals surface area contributed by atoms with Crippen molar-refractivity contribution in [2.24, 2.45) is 22.9 Å². The fourth-order valence-electron chi connectivity index (χ4n) is 11.5. The zero-order chi connectivity index (χ0) is 53.3. The highest BCUT2D eigenvalue weighted by atomic mass is 16.7. The van der Waals surface area contributed by atoms with Gasteiger partial charge in [0, 0.05) is 55.4 Å². The molecule has 0 bridgehead atoms. The molecule has 15 nitrogen and oxygen atoms in total. The molecule has 0 saturated heterocycles. The first kappa shape index (κ1) is 52.2. The highest BCUT2D eigenvalue weighted by Crippen LogP contribution is 2.62. The van der Waals surface area contributed by atoms with Crippen LogP contribution in [0.5, 0.6) is 28.7 Å². The summed E-state index contributed by atoms with van der Waals surface area (Å²) in [5.41, 5.74) is 6.50. The minimum atomic E-state index is -1.60. The van der Waals surface area contributed by atoms with Gasteiger partial charge in [-0.05, 0) is 144 Å². The summed E-state index contributed by atoms with van der Waals surface area (Å²) >= 11 is 0. The first-order valence-corrected chi connectivity index (χ1v) is 26.2. The Hall–Kier alpha value is -8.29. The van der Waals surface area contributed by atoms with Crippen molar-refractivity contribution in [3.8, 4) is 45.9 Å². The highest BCUT2D eigenvalue weighted by Gasteiger charge is 2.65. The fourth-order valence-corrected chi connectivity index (χ4v) is 11.5. The molecule has 2 aliphatic heterocycles. The molecule has 6 aromatic rings. The van der Waals surface area contributed by atoms with Crippen LogP contribution in [-0.4, -0.2) is 70.1 Å². The number of rotatable bonds is 22. The van der Waals surface area contributed by atoms with Gasteiger partial charge in [0.15, 0.2) is 11.5 Å². The number of amides is 1. The van der Waals surface area contributed by atoms with E-state index in [1.165, 1.54) is 12.1 Å². The number of unbranched alkanes of at least 4 members (excludes halogenated alkanes) is 2. The molecule has 2 N–H and O–H groups in total. The summed E-state index contributed by atoms with van der Waals surface area (Å²) < 4.78 is 33.0. The van der Waals surface area contributed by atoms with E-state index in [-0.39, 0.29) is 75.5 Å². The lowest BCUT2D eigenvalue weighted by Crippen LogP contribution is -2.70. The number of carbonyl (C=O) groups is 1. The van der Waals surface area contributed by atoms with Crippen molar-refractivity contribution < 1.29 is 48.5 Å². The SMILES string of the molecule is C=CCOC12Oc3ccc(Oc4ccc(-c5ccccc5)cc4)cc3C3C(CCCCO)C(CCCCO)C=C(C(=NOCc4ccc([N+](=O)[O-])cc4)CC1N(Cc1ccc4c(c1)OCO4)C(=O)c1ccc(C#N)cc1)C32. The number of benzene rings is 6. The number of hydrogen-bond donors (Lipinski definition) is 2. The molecular weight excluding hydrogens is 977 g/mol. The lowest BCUT2D eigenvalue weighted by Gasteiger charge is -2.60. The number of nitro benzene ring substituents is 1. The van der Waals surface area contributed by atoms with Crippen molar-refractivity contribution in [2.75, 3.05) is 26.6 Å². The van der Waals surface area contributed by atoms with Crippen LogP contribution in [0.25, 0.3) is 11.1 Å². The van der Waals surface area contributed by atoms with Gasteiger partial charge in [0.1, 0.15) is 29.9 Å². The number of aliphatic hydroxyl groups excluding tert-OH is 2. The topological polar surface area (TPSA) is 195 Å². The number of non-ortho nitro benzene ring substituents is 1. The predicted molar refractivity (Wildman–Crippen MR) is 288 cm³/mol. The Morgan fingerprint density at radius 2 is 1.53 bits per heavy atom. The Balaban J connectivity index is 1.15. The molecule has 2 heterocycles. The van der Waals surface area contributed by atoms with E-state index in [4.69, 9.17) is 33.7 Å². The maximum absolute atomic E-state index is 15.7. The molecule has 2 aliphatic carbocycles. The van der Waals surface area contributed by atoms with Gasteiger partial charge in [0.2, 0.25) is 12.6 Å². The molecule has 77 heavy (non-hydrogen) atoms. The van der Waals surface area contributed by atoms with Crippen LogP contribution < -0.4 is 18.9 Å². The third kappa shape index (κ3) is 11.2. The first-order valence-electron chi connectivity index (χ1n) is 26.2. The smallest absolute Gasteiger partial charge is 0.269 e. The van der Waals surface area contributed by atoms with Crippen molar-refractivity contribution >= 4 is 17.3 Å². The molecule has 1 amide bonds. The quantitative estimate of drug-likeness (QED) is 0.0283. The molecule has 1 fully saturated rings. The first-order chi connectivity index (χ1) is 37.7. The van der Waals surface area contributed by atoms with Gasteiger partial charge in [-0.15, -0.1) is 6.58 Å². The van der Waals surface area contributed by atoms with E-state index in [0.29, 0.717) is 64.0 Å². The van der Waals surface area contributed by atoms with Gasteiger partial charge >= 0.3 is 0 Å². The Labute approximate surface area is 447 Å². The van der Waals surface area contributed by atoms with E-state index in [2.05, 4.69) is 30.9 Å². The third-order valence-corrected chi connectivity index (χ3v) is 15.1. The molecular formula is C62H60N4O11. The van der Waals surface area contributed by atoms with Crippen molar-refractivity contribution in [2.45, 2.75) is 75.8 Å². The Kier molecular flexibility index (Phi) is 16.1. The standard InChI is InChI=1S/C62H60N4O11/c1-2-32-74-62-58(65(61(69)46-19-14-41(37-63)15-20-46)38-43-18-28-56-57(33-43)73-40-72-56)36-54(64-75-39-42-16-23-48(24-17-42)66(70)71)52-34-47(12-6-8-30-67)51(13-7-9-31-68)59(60(52)62)53-35-50(27-29-55(53)77-62)76-49-25-21-45(22-26-49)44-10-4-3-5-11-44/h2-5,10-11,14-29,33-35,47,51,58-60,67-68H,1,6-9,12-13,30-32,36,38-40H2. The number of nitrogens with zero attached hydrogens (tertiary/aromatic N) is 4. The number of oxime groups is 1. The van der Waals surface area contributed by atoms with Crippen molar-refractivity contribution in [1.82, 2.24) is 4.90 Å². The maximum Gasteiger partial charge on any atom is 0.269 e. The summed E-state index contributed by atoms with van der Waals surface area (Å²) in [7, 11) is 0. The molecule has 4 aliphatic rings. The second-order valence-corrected chi connectivity index (χ2v) is 19.8. The van der Waals surface area contributed by atoms with Gasteiger partial charge in [-0.25, -0.2) is 0 Å². The summed E-state index contributed by atoms with van der Waals surface area (Å²) in [6, 6.07) is 43.4. The molecule has 6 atom stereocenters. The highest BCUT2D eigenvalue weighted by molar-refractivity contribution is 6.03. The number of nitriles is 1. The molecule has 10 rings (SSSR count). The lowest BCUT2D eigenvalue weighted by atomic mass is 9.55.